The lowest BCUT2D eigenvalue weighted by Gasteiger charge is -2.16. The van der Waals surface area contributed by atoms with Crippen LogP contribution in [0.5, 0.6) is 0 Å². The maximum absolute atomic E-state index is 4.25. The molecule has 1 aromatic rings. The third kappa shape index (κ3) is 2.23. The van der Waals surface area contributed by atoms with Crippen molar-refractivity contribution < 1.29 is 0 Å². The van der Waals surface area contributed by atoms with Gasteiger partial charge in [-0.05, 0) is 41.7 Å². The van der Waals surface area contributed by atoms with E-state index in [0.29, 0.717) is 5.92 Å². The highest BCUT2D eigenvalue weighted by molar-refractivity contribution is 5.65. The molecule has 1 heterocycles. The number of allylic oxidation sites excluding steroid dienone is 5. The zero-order chi connectivity index (χ0) is 12.3. The van der Waals surface area contributed by atoms with Crippen molar-refractivity contribution in [2.24, 2.45) is 0 Å². The molecule has 17 heavy (non-hydrogen) atoms. The molecule has 1 aliphatic carbocycles. The lowest BCUT2D eigenvalue weighted by Crippen LogP contribution is -2.01. The van der Waals surface area contributed by atoms with Crippen molar-refractivity contribution in [3.8, 4) is 0 Å². The van der Waals surface area contributed by atoms with Gasteiger partial charge in [0.2, 0.25) is 0 Å². The first-order chi connectivity index (χ1) is 8.27. The smallest absolute Gasteiger partial charge is 0.0311 e. The van der Waals surface area contributed by atoms with Gasteiger partial charge in [-0.15, -0.1) is 0 Å². The maximum Gasteiger partial charge on any atom is 0.0311 e. The standard InChI is InChI=1S/C16H19N/c1-4-6-15-12(3)16-11-17-10-9-14(16)8-7-13(15)5-2/h5-12H,4H2,1-3H3/b13-5-,15-6-. The van der Waals surface area contributed by atoms with Crippen LogP contribution in [0.4, 0.5) is 0 Å². The fraction of sp³-hybridized carbons (Fsp3) is 0.312. The highest BCUT2D eigenvalue weighted by Gasteiger charge is 2.18. The van der Waals surface area contributed by atoms with Crippen molar-refractivity contribution in [3.05, 3.63) is 59.0 Å². The summed E-state index contributed by atoms with van der Waals surface area (Å²) in [7, 11) is 0. The summed E-state index contributed by atoms with van der Waals surface area (Å²) in [6.45, 7) is 6.55. The van der Waals surface area contributed by atoms with Gasteiger partial charge in [-0.1, -0.05) is 38.2 Å². The van der Waals surface area contributed by atoms with Crippen LogP contribution in [0.2, 0.25) is 0 Å². The second-order valence-corrected chi connectivity index (χ2v) is 4.37. The Morgan fingerprint density at radius 3 is 2.88 bits per heavy atom. The van der Waals surface area contributed by atoms with Gasteiger partial charge in [0.05, 0.1) is 0 Å². The lowest BCUT2D eigenvalue weighted by atomic mass is 9.88. The minimum atomic E-state index is 0.417. The molecule has 1 nitrogen and oxygen atoms in total. The maximum atomic E-state index is 4.25. The van der Waals surface area contributed by atoms with Gasteiger partial charge in [0.25, 0.3) is 0 Å². The summed E-state index contributed by atoms with van der Waals surface area (Å²) in [5.74, 6) is 0.417. The molecule has 0 spiro atoms. The lowest BCUT2D eigenvalue weighted by molar-refractivity contribution is 0.890. The Morgan fingerprint density at radius 2 is 2.18 bits per heavy atom. The van der Waals surface area contributed by atoms with Gasteiger partial charge in [-0.25, -0.2) is 0 Å². The van der Waals surface area contributed by atoms with E-state index in [4.69, 9.17) is 0 Å². The fourth-order valence-electron chi connectivity index (χ4n) is 2.40. The van der Waals surface area contributed by atoms with Crippen LogP contribution in [0.25, 0.3) is 6.08 Å². The van der Waals surface area contributed by atoms with Crippen LogP contribution < -0.4 is 0 Å². The molecular formula is C16H19N. The van der Waals surface area contributed by atoms with Gasteiger partial charge in [0, 0.05) is 18.3 Å². The molecule has 2 rings (SSSR count). The van der Waals surface area contributed by atoms with Crippen LogP contribution in [0.1, 0.15) is 44.2 Å². The van der Waals surface area contributed by atoms with Crippen molar-refractivity contribution >= 4 is 6.08 Å². The number of fused-ring (bicyclic) bond motifs is 1. The van der Waals surface area contributed by atoms with E-state index in [9.17, 15) is 0 Å². The van der Waals surface area contributed by atoms with Crippen LogP contribution in [-0.2, 0) is 0 Å². The van der Waals surface area contributed by atoms with Crippen molar-refractivity contribution in [1.29, 1.82) is 0 Å². The highest BCUT2D eigenvalue weighted by atomic mass is 14.6. The molecule has 1 aromatic heterocycles. The zero-order valence-electron chi connectivity index (χ0n) is 10.8. The first kappa shape index (κ1) is 11.8. The van der Waals surface area contributed by atoms with Crippen LogP contribution in [0.15, 0.2) is 47.8 Å². The molecule has 0 bridgehead atoms. The number of nitrogens with zero attached hydrogens (tertiary/aromatic N) is 1. The molecule has 1 atom stereocenters. The van der Waals surface area contributed by atoms with E-state index < -0.39 is 0 Å². The first-order valence-electron chi connectivity index (χ1n) is 6.26. The second kappa shape index (κ2) is 5.13. The summed E-state index contributed by atoms with van der Waals surface area (Å²) in [4.78, 5) is 4.25. The average Bonchev–Trinajstić information content (AvgIpc) is 2.49. The van der Waals surface area contributed by atoms with Crippen LogP contribution >= 0.6 is 0 Å². The van der Waals surface area contributed by atoms with Crippen molar-refractivity contribution in [2.75, 3.05) is 0 Å². The summed E-state index contributed by atoms with van der Waals surface area (Å²) < 4.78 is 0. The summed E-state index contributed by atoms with van der Waals surface area (Å²) in [6.07, 6.45) is 13.8. The predicted molar refractivity (Wildman–Crippen MR) is 73.8 cm³/mol. The third-order valence-electron chi connectivity index (χ3n) is 3.33. The highest BCUT2D eigenvalue weighted by Crippen LogP contribution is 2.35. The van der Waals surface area contributed by atoms with E-state index in [-0.39, 0.29) is 0 Å². The molecule has 0 aromatic carbocycles. The molecule has 0 amide bonds. The monoisotopic (exact) mass is 225 g/mol. The number of rotatable bonds is 1. The summed E-state index contributed by atoms with van der Waals surface area (Å²) >= 11 is 0. The number of pyridine rings is 1. The van der Waals surface area contributed by atoms with Crippen molar-refractivity contribution in [2.45, 2.75) is 33.1 Å². The topological polar surface area (TPSA) is 12.9 Å². The quantitative estimate of drug-likeness (QED) is 0.686. The Labute approximate surface area is 104 Å². The van der Waals surface area contributed by atoms with Gasteiger partial charge in [0.15, 0.2) is 0 Å². The van der Waals surface area contributed by atoms with Gasteiger partial charge < -0.3 is 0 Å². The molecule has 0 fully saturated rings. The van der Waals surface area contributed by atoms with Crippen LogP contribution in [0.3, 0.4) is 0 Å². The SMILES string of the molecule is C/C=C1/C=Cc2ccncc2C(C)/C1=C/CC. The third-order valence-corrected chi connectivity index (χ3v) is 3.33. The van der Waals surface area contributed by atoms with E-state index in [1.54, 1.807) is 0 Å². The summed E-state index contributed by atoms with van der Waals surface area (Å²) in [6, 6.07) is 2.09. The summed E-state index contributed by atoms with van der Waals surface area (Å²) in [5, 5.41) is 0. The Morgan fingerprint density at radius 1 is 1.35 bits per heavy atom. The van der Waals surface area contributed by atoms with Gasteiger partial charge in [0.1, 0.15) is 0 Å². The molecule has 0 saturated carbocycles. The molecule has 88 valence electrons. The zero-order valence-corrected chi connectivity index (χ0v) is 10.8. The number of hydrogen-bond donors (Lipinski definition) is 0. The predicted octanol–water partition coefficient (Wildman–Crippen LogP) is 4.49. The van der Waals surface area contributed by atoms with Crippen LogP contribution in [-0.4, -0.2) is 4.98 Å². The largest absolute Gasteiger partial charge is 0.264 e. The molecule has 1 aliphatic rings. The summed E-state index contributed by atoms with van der Waals surface area (Å²) in [5.41, 5.74) is 5.35. The molecule has 0 N–H and O–H groups in total. The van der Waals surface area contributed by atoms with E-state index in [1.807, 2.05) is 12.4 Å². The Balaban J connectivity index is 2.58. The Bertz CT molecular complexity index is 492. The normalized spacial score (nSPS) is 23.8. The Hall–Kier alpha value is -1.63. The van der Waals surface area contributed by atoms with Crippen molar-refractivity contribution in [3.63, 3.8) is 0 Å². The average molecular weight is 225 g/mol. The van der Waals surface area contributed by atoms with Crippen molar-refractivity contribution in [1.82, 2.24) is 4.98 Å². The van der Waals surface area contributed by atoms with Gasteiger partial charge >= 0.3 is 0 Å². The molecule has 0 saturated heterocycles. The van der Waals surface area contributed by atoms with Gasteiger partial charge in [-0.3, -0.25) is 4.98 Å². The molecule has 0 aliphatic heterocycles. The molecule has 1 heteroatoms. The molecule has 0 radical (unpaired) electrons. The number of aromatic nitrogens is 1. The van der Waals surface area contributed by atoms with Gasteiger partial charge in [-0.2, -0.15) is 0 Å². The van der Waals surface area contributed by atoms with E-state index in [2.05, 4.69) is 56.1 Å². The van der Waals surface area contributed by atoms with E-state index in [0.717, 1.165) is 6.42 Å². The molecule has 1 unspecified atom stereocenters. The fourth-order valence-corrected chi connectivity index (χ4v) is 2.40. The Kier molecular flexibility index (Phi) is 3.58. The van der Waals surface area contributed by atoms with E-state index >= 15 is 0 Å². The van der Waals surface area contributed by atoms with E-state index in [1.165, 1.54) is 22.3 Å². The first-order valence-corrected chi connectivity index (χ1v) is 6.26. The minimum absolute atomic E-state index is 0.417. The minimum Gasteiger partial charge on any atom is -0.264 e. The van der Waals surface area contributed by atoms with Crippen LogP contribution in [0, 0.1) is 0 Å². The second-order valence-electron chi connectivity index (χ2n) is 4.37. The number of hydrogen-bond acceptors (Lipinski definition) is 1. The molecular weight excluding hydrogens is 206 g/mol.